The minimum Gasteiger partial charge on any atom is -0.490 e. The molecule has 0 saturated carbocycles. The molecule has 0 aromatic heterocycles. The topological polar surface area (TPSA) is 54.0 Å². The zero-order valence-corrected chi connectivity index (χ0v) is 10.2. The van der Waals surface area contributed by atoms with Gasteiger partial charge in [0.05, 0.1) is 12.2 Å². The molecule has 0 aliphatic carbocycles. The summed E-state index contributed by atoms with van der Waals surface area (Å²) in [6.07, 6.45) is -3.80. The van der Waals surface area contributed by atoms with Gasteiger partial charge in [-0.25, -0.2) is 0 Å². The van der Waals surface area contributed by atoms with Crippen LogP contribution in [0, 0.1) is 0 Å². The molecule has 5 nitrogen and oxygen atoms in total. The molecule has 1 aromatic rings. The largest absolute Gasteiger partial charge is 0.490 e. The maximum atomic E-state index is 11.8. The number of hydrogen-bond donors (Lipinski definition) is 0. The average Bonchev–Trinajstić information content (AvgIpc) is 2.83. The van der Waals surface area contributed by atoms with E-state index in [0.717, 1.165) is 0 Å². The Bertz CT molecular complexity index is 487. The monoisotopic (exact) mass is 292 g/mol. The van der Waals surface area contributed by atoms with E-state index in [1.54, 1.807) is 0 Å². The molecule has 2 rings (SSSR count). The van der Waals surface area contributed by atoms with Gasteiger partial charge in [0.2, 0.25) is 6.79 Å². The standard InChI is InChI=1S/C12H11F3O5/c13-12(14,15)6-17-1-2-18-9-4-11-10(19-7-20-11)3-8(9)5-16/h3-5H,1-2,6-7H2. The summed E-state index contributed by atoms with van der Waals surface area (Å²) in [5.41, 5.74) is 0.227. The first kappa shape index (κ1) is 14.4. The molecule has 1 aromatic carbocycles. The van der Waals surface area contributed by atoms with Gasteiger partial charge in [-0.3, -0.25) is 4.79 Å². The van der Waals surface area contributed by atoms with Crippen LogP contribution in [0.15, 0.2) is 12.1 Å². The first-order chi connectivity index (χ1) is 9.49. The van der Waals surface area contributed by atoms with E-state index >= 15 is 0 Å². The molecule has 0 fully saturated rings. The van der Waals surface area contributed by atoms with Crippen LogP contribution in [0.25, 0.3) is 0 Å². The molecule has 20 heavy (non-hydrogen) atoms. The fraction of sp³-hybridized carbons (Fsp3) is 0.417. The van der Waals surface area contributed by atoms with Gasteiger partial charge in [0, 0.05) is 6.07 Å². The van der Waals surface area contributed by atoms with Crippen molar-refractivity contribution < 1.29 is 36.9 Å². The minimum absolute atomic E-state index is 0.0474. The van der Waals surface area contributed by atoms with Crippen LogP contribution in [0.2, 0.25) is 0 Å². The molecule has 0 N–H and O–H groups in total. The lowest BCUT2D eigenvalue weighted by Gasteiger charge is -2.11. The highest BCUT2D eigenvalue weighted by molar-refractivity contribution is 5.81. The van der Waals surface area contributed by atoms with Gasteiger partial charge in [0.25, 0.3) is 0 Å². The van der Waals surface area contributed by atoms with Gasteiger partial charge in [-0.15, -0.1) is 0 Å². The van der Waals surface area contributed by atoms with Gasteiger partial charge in [-0.1, -0.05) is 0 Å². The van der Waals surface area contributed by atoms with E-state index < -0.39 is 12.8 Å². The van der Waals surface area contributed by atoms with E-state index in [0.29, 0.717) is 17.8 Å². The Balaban J connectivity index is 1.88. The van der Waals surface area contributed by atoms with Gasteiger partial charge in [0.15, 0.2) is 17.8 Å². The van der Waals surface area contributed by atoms with Crippen molar-refractivity contribution in [3.8, 4) is 17.2 Å². The highest BCUT2D eigenvalue weighted by atomic mass is 19.4. The molecular formula is C12H11F3O5. The van der Waals surface area contributed by atoms with Crippen molar-refractivity contribution in [2.24, 2.45) is 0 Å². The SMILES string of the molecule is O=Cc1cc2c(cc1OCCOCC(F)(F)F)OCO2. The van der Waals surface area contributed by atoms with Crippen molar-refractivity contribution in [3.63, 3.8) is 0 Å². The maximum absolute atomic E-state index is 11.8. The van der Waals surface area contributed by atoms with Crippen molar-refractivity contribution in [1.82, 2.24) is 0 Å². The van der Waals surface area contributed by atoms with Crippen molar-refractivity contribution in [2.45, 2.75) is 6.18 Å². The fourth-order valence-electron chi connectivity index (χ4n) is 1.55. The van der Waals surface area contributed by atoms with Gasteiger partial charge in [-0.05, 0) is 6.07 Å². The second-order valence-corrected chi connectivity index (χ2v) is 3.88. The van der Waals surface area contributed by atoms with Crippen molar-refractivity contribution >= 4 is 6.29 Å². The zero-order valence-electron chi connectivity index (χ0n) is 10.2. The fourth-order valence-corrected chi connectivity index (χ4v) is 1.55. The van der Waals surface area contributed by atoms with Crippen molar-refractivity contribution in [3.05, 3.63) is 17.7 Å². The number of aldehydes is 1. The van der Waals surface area contributed by atoms with Crippen molar-refractivity contribution in [2.75, 3.05) is 26.6 Å². The van der Waals surface area contributed by atoms with E-state index in [1.165, 1.54) is 12.1 Å². The lowest BCUT2D eigenvalue weighted by atomic mass is 10.2. The number of alkyl halides is 3. The van der Waals surface area contributed by atoms with Crippen molar-refractivity contribution in [1.29, 1.82) is 0 Å². The highest BCUT2D eigenvalue weighted by Gasteiger charge is 2.27. The summed E-state index contributed by atoms with van der Waals surface area (Å²) in [5.74, 6) is 1.05. The average molecular weight is 292 g/mol. The Morgan fingerprint density at radius 2 is 1.90 bits per heavy atom. The molecular weight excluding hydrogens is 281 g/mol. The number of fused-ring (bicyclic) bond motifs is 1. The third-order valence-electron chi connectivity index (χ3n) is 2.38. The van der Waals surface area contributed by atoms with Gasteiger partial charge < -0.3 is 18.9 Å². The smallest absolute Gasteiger partial charge is 0.411 e. The van der Waals surface area contributed by atoms with Crippen LogP contribution in [-0.2, 0) is 4.74 Å². The summed E-state index contributed by atoms with van der Waals surface area (Å²) in [5, 5.41) is 0. The minimum atomic E-state index is -4.37. The molecule has 1 aliphatic rings. The van der Waals surface area contributed by atoms with Crippen LogP contribution in [-0.4, -0.2) is 39.1 Å². The normalized spacial score (nSPS) is 13.3. The molecule has 0 radical (unpaired) electrons. The third kappa shape index (κ3) is 3.77. The number of carbonyl (C=O) groups is 1. The van der Waals surface area contributed by atoms with E-state index in [1.807, 2.05) is 0 Å². The van der Waals surface area contributed by atoms with Crippen LogP contribution in [0.1, 0.15) is 10.4 Å². The van der Waals surface area contributed by atoms with Crippen LogP contribution < -0.4 is 14.2 Å². The maximum Gasteiger partial charge on any atom is 0.411 e. The summed E-state index contributed by atoms with van der Waals surface area (Å²) in [6.45, 7) is -1.65. The van der Waals surface area contributed by atoms with E-state index in [9.17, 15) is 18.0 Å². The highest BCUT2D eigenvalue weighted by Crippen LogP contribution is 2.37. The Hall–Kier alpha value is -1.96. The van der Waals surface area contributed by atoms with E-state index in [4.69, 9.17) is 14.2 Å². The Labute approximate surface area is 112 Å². The molecule has 8 heteroatoms. The van der Waals surface area contributed by atoms with Crippen LogP contribution >= 0.6 is 0 Å². The zero-order chi connectivity index (χ0) is 14.6. The molecule has 1 heterocycles. The second kappa shape index (κ2) is 6.00. The molecule has 0 amide bonds. The first-order valence-corrected chi connectivity index (χ1v) is 5.66. The predicted octanol–water partition coefficient (Wildman–Crippen LogP) is 2.19. The number of carbonyl (C=O) groups excluding carboxylic acids is 1. The summed E-state index contributed by atoms with van der Waals surface area (Å²) < 4.78 is 55.3. The lowest BCUT2D eigenvalue weighted by molar-refractivity contribution is -0.175. The Morgan fingerprint density at radius 1 is 1.20 bits per heavy atom. The number of ether oxygens (including phenoxy) is 4. The van der Waals surface area contributed by atoms with E-state index in [-0.39, 0.29) is 31.3 Å². The van der Waals surface area contributed by atoms with Gasteiger partial charge in [0.1, 0.15) is 19.0 Å². The quantitative estimate of drug-likeness (QED) is 0.594. The van der Waals surface area contributed by atoms with Gasteiger partial charge >= 0.3 is 6.18 Å². The number of rotatable bonds is 6. The Kier molecular flexibility index (Phi) is 4.33. The Morgan fingerprint density at radius 3 is 2.55 bits per heavy atom. The summed E-state index contributed by atoms with van der Waals surface area (Å²) in [6, 6.07) is 2.90. The third-order valence-corrected chi connectivity index (χ3v) is 2.38. The molecule has 110 valence electrons. The summed E-state index contributed by atoms with van der Waals surface area (Å²) in [7, 11) is 0. The lowest BCUT2D eigenvalue weighted by Crippen LogP contribution is -2.19. The van der Waals surface area contributed by atoms with Gasteiger partial charge in [-0.2, -0.15) is 13.2 Å². The number of benzene rings is 1. The molecule has 0 saturated heterocycles. The second-order valence-electron chi connectivity index (χ2n) is 3.88. The summed E-state index contributed by atoms with van der Waals surface area (Å²) in [4.78, 5) is 10.9. The molecule has 1 aliphatic heterocycles. The van der Waals surface area contributed by atoms with Crippen LogP contribution in [0.3, 0.4) is 0 Å². The molecule has 0 bridgehead atoms. The number of hydrogen-bond acceptors (Lipinski definition) is 5. The molecule has 0 atom stereocenters. The molecule has 0 spiro atoms. The van der Waals surface area contributed by atoms with Crippen LogP contribution in [0.5, 0.6) is 17.2 Å². The summed E-state index contributed by atoms with van der Waals surface area (Å²) >= 11 is 0. The van der Waals surface area contributed by atoms with Crippen LogP contribution in [0.4, 0.5) is 13.2 Å². The molecule has 0 unspecified atom stereocenters. The van der Waals surface area contributed by atoms with E-state index in [2.05, 4.69) is 4.74 Å². The number of halogens is 3. The predicted molar refractivity (Wildman–Crippen MR) is 60.3 cm³/mol. The first-order valence-electron chi connectivity index (χ1n) is 5.66.